The summed E-state index contributed by atoms with van der Waals surface area (Å²) in [5.41, 5.74) is 0.431. The topological polar surface area (TPSA) is 54.4 Å². The van der Waals surface area contributed by atoms with Gasteiger partial charge in [-0.1, -0.05) is 23.7 Å². The van der Waals surface area contributed by atoms with E-state index in [0.717, 1.165) is 0 Å². The van der Waals surface area contributed by atoms with E-state index in [1.54, 1.807) is 12.1 Å². The molecule has 0 amide bonds. The van der Waals surface area contributed by atoms with Gasteiger partial charge in [-0.15, -0.1) is 0 Å². The molecular weight excluding hydrogens is 383 g/mol. The molecule has 0 saturated carbocycles. The van der Waals surface area contributed by atoms with E-state index in [2.05, 4.69) is 15.9 Å². The molecule has 1 atom stereocenters. The molecule has 0 aromatic heterocycles. The van der Waals surface area contributed by atoms with Crippen LogP contribution in [-0.4, -0.2) is 15.3 Å². The zero-order valence-corrected chi connectivity index (χ0v) is 13.6. The fourth-order valence-corrected chi connectivity index (χ4v) is 3.54. The summed E-state index contributed by atoms with van der Waals surface area (Å²) in [6.07, 6.45) is 0. The molecule has 0 spiro atoms. The van der Waals surface area contributed by atoms with Crippen LogP contribution in [0, 0.1) is 5.82 Å². The van der Waals surface area contributed by atoms with E-state index >= 15 is 0 Å². The molecule has 0 bridgehead atoms. The highest BCUT2D eigenvalue weighted by Gasteiger charge is 2.14. The standard InChI is InChI=1S/C14H9BrClFO3S/c15-11-5-4-9(6-10(11)14(18)19)21(20)7-8-2-1-3-12(17)13(8)16/h1-6H,7H2,(H,18,19). The summed E-state index contributed by atoms with van der Waals surface area (Å²) in [6, 6.07) is 8.69. The predicted octanol–water partition coefficient (Wildman–Crippen LogP) is 4.25. The maximum Gasteiger partial charge on any atom is 0.336 e. The van der Waals surface area contributed by atoms with Crippen LogP contribution in [0.5, 0.6) is 0 Å². The van der Waals surface area contributed by atoms with Crippen LogP contribution in [0.15, 0.2) is 45.8 Å². The molecule has 2 aromatic rings. The Bertz CT molecular complexity index is 736. The van der Waals surface area contributed by atoms with Crippen molar-refractivity contribution in [2.45, 2.75) is 10.6 Å². The van der Waals surface area contributed by atoms with Gasteiger partial charge in [0.15, 0.2) is 0 Å². The van der Waals surface area contributed by atoms with E-state index in [4.69, 9.17) is 16.7 Å². The van der Waals surface area contributed by atoms with Crippen molar-refractivity contribution < 1.29 is 18.5 Å². The zero-order valence-electron chi connectivity index (χ0n) is 10.5. The van der Waals surface area contributed by atoms with Gasteiger partial charge in [0.1, 0.15) is 5.82 Å². The number of rotatable bonds is 4. The van der Waals surface area contributed by atoms with Crippen molar-refractivity contribution in [3.05, 3.63) is 62.8 Å². The van der Waals surface area contributed by atoms with Crippen LogP contribution >= 0.6 is 27.5 Å². The van der Waals surface area contributed by atoms with Gasteiger partial charge in [0.2, 0.25) is 0 Å². The second-order valence-electron chi connectivity index (χ2n) is 4.15. The molecule has 1 N–H and O–H groups in total. The van der Waals surface area contributed by atoms with E-state index in [1.807, 2.05) is 0 Å². The average Bonchev–Trinajstić information content (AvgIpc) is 2.44. The molecule has 2 rings (SSSR count). The first-order valence-electron chi connectivity index (χ1n) is 5.74. The van der Waals surface area contributed by atoms with Crippen molar-refractivity contribution in [3.63, 3.8) is 0 Å². The molecule has 0 aliphatic carbocycles. The summed E-state index contributed by atoms with van der Waals surface area (Å²) < 4.78 is 26.0. The minimum Gasteiger partial charge on any atom is -0.478 e. The molecule has 3 nitrogen and oxygen atoms in total. The number of carboxylic acids is 1. The van der Waals surface area contributed by atoms with Crippen molar-refractivity contribution in [3.8, 4) is 0 Å². The van der Waals surface area contributed by atoms with Crippen LogP contribution in [0.4, 0.5) is 4.39 Å². The van der Waals surface area contributed by atoms with Gasteiger partial charge >= 0.3 is 5.97 Å². The number of carboxylic acid groups (broad SMARTS) is 1. The monoisotopic (exact) mass is 390 g/mol. The van der Waals surface area contributed by atoms with Gasteiger partial charge in [-0.2, -0.15) is 0 Å². The third kappa shape index (κ3) is 3.70. The van der Waals surface area contributed by atoms with Gasteiger partial charge < -0.3 is 5.11 Å². The quantitative estimate of drug-likeness (QED) is 0.848. The lowest BCUT2D eigenvalue weighted by atomic mass is 10.2. The first kappa shape index (κ1) is 16.1. The highest BCUT2D eigenvalue weighted by molar-refractivity contribution is 9.10. The van der Waals surface area contributed by atoms with Gasteiger partial charge in [0.25, 0.3) is 0 Å². The highest BCUT2D eigenvalue weighted by Crippen LogP contribution is 2.25. The van der Waals surface area contributed by atoms with Crippen molar-refractivity contribution in [1.29, 1.82) is 0 Å². The summed E-state index contributed by atoms with van der Waals surface area (Å²) >= 11 is 8.94. The van der Waals surface area contributed by atoms with Gasteiger partial charge in [-0.3, -0.25) is 4.21 Å². The van der Waals surface area contributed by atoms with Crippen LogP contribution in [0.25, 0.3) is 0 Å². The van der Waals surface area contributed by atoms with Crippen molar-refractivity contribution in [1.82, 2.24) is 0 Å². The van der Waals surface area contributed by atoms with Gasteiger partial charge in [0, 0.05) is 9.37 Å². The van der Waals surface area contributed by atoms with Crippen LogP contribution in [0.1, 0.15) is 15.9 Å². The summed E-state index contributed by atoms with van der Waals surface area (Å²) in [5, 5.41) is 8.97. The Labute approximate surface area is 136 Å². The maximum absolute atomic E-state index is 13.3. The first-order valence-corrected chi connectivity index (χ1v) is 8.23. The van der Waals surface area contributed by atoms with E-state index in [-0.39, 0.29) is 16.3 Å². The van der Waals surface area contributed by atoms with Crippen LogP contribution in [0.3, 0.4) is 0 Å². The summed E-state index contributed by atoms with van der Waals surface area (Å²) in [4.78, 5) is 11.4. The molecule has 0 aliphatic heterocycles. The number of hydrogen-bond acceptors (Lipinski definition) is 2. The molecule has 21 heavy (non-hydrogen) atoms. The van der Waals surface area contributed by atoms with Crippen LogP contribution in [-0.2, 0) is 16.6 Å². The Morgan fingerprint density at radius 3 is 2.71 bits per heavy atom. The predicted molar refractivity (Wildman–Crippen MR) is 82.6 cm³/mol. The number of aromatic carboxylic acids is 1. The highest BCUT2D eigenvalue weighted by atomic mass is 79.9. The van der Waals surface area contributed by atoms with Gasteiger partial charge in [-0.25, -0.2) is 9.18 Å². The van der Waals surface area contributed by atoms with Crippen LogP contribution < -0.4 is 0 Å². The number of hydrogen-bond donors (Lipinski definition) is 1. The Balaban J connectivity index is 2.31. The maximum atomic E-state index is 13.3. The van der Waals surface area contributed by atoms with Crippen molar-refractivity contribution in [2.75, 3.05) is 0 Å². The van der Waals surface area contributed by atoms with E-state index in [9.17, 15) is 13.4 Å². The Morgan fingerprint density at radius 1 is 1.33 bits per heavy atom. The lowest BCUT2D eigenvalue weighted by Crippen LogP contribution is -2.02. The fraction of sp³-hybridized carbons (Fsp3) is 0.0714. The Hall–Kier alpha value is -1.24. The second-order valence-corrected chi connectivity index (χ2v) is 6.83. The minimum absolute atomic E-state index is 0.0112. The molecule has 0 saturated heterocycles. The van der Waals surface area contributed by atoms with Crippen LogP contribution in [0.2, 0.25) is 5.02 Å². The number of benzene rings is 2. The normalized spacial score (nSPS) is 12.1. The zero-order chi connectivity index (χ0) is 15.6. The number of carbonyl (C=O) groups is 1. The number of halogens is 3. The molecule has 2 aromatic carbocycles. The lowest BCUT2D eigenvalue weighted by Gasteiger charge is -2.07. The molecule has 0 fully saturated rings. The summed E-state index contributed by atoms with van der Waals surface area (Å²) in [6.45, 7) is 0. The Kier molecular flexibility index (Phi) is 5.13. The first-order chi connectivity index (χ1) is 9.90. The molecule has 0 aliphatic rings. The molecule has 0 heterocycles. The van der Waals surface area contributed by atoms with Crippen molar-refractivity contribution >= 4 is 44.3 Å². The molecule has 1 unspecified atom stereocenters. The smallest absolute Gasteiger partial charge is 0.336 e. The SMILES string of the molecule is O=C(O)c1cc(S(=O)Cc2cccc(F)c2Cl)ccc1Br. The minimum atomic E-state index is -1.52. The molecular formula is C14H9BrClFO3S. The van der Waals surface area contributed by atoms with Crippen molar-refractivity contribution in [2.24, 2.45) is 0 Å². The van der Waals surface area contributed by atoms with E-state index in [1.165, 1.54) is 24.3 Å². The lowest BCUT2D eigenvalue weighted by molar-refractivity contribution is 0.0695. The second kappa shape index (κ2) is 6.68. The molecule has 0 radical (unpaired) electrons. The molecule has 110 valence electrons. The average molecular weight is 392 g/mol. The Morgan fingerprint density at radius 2 is 2.05 bits per heavy atom. The third-order valence-corrected chi connectivity index (χ3v) is 5.22. The summed E-state index contributed by atoms with van der Waals surface area (Å²) in [7, 11) is -1.52. The van der Waals surface area contributed by atoms with E-state index in [0.29, 0.717) is 14.9 Å². The fourth-order valence-electron chi connectivity index (χ4n) is 1.69. The summed E-state index contributed by atoms with van der Waals surface area (Å²) in [5.74, 6) is -1.69. The van der Waals surface area contributed by atoms with Gasteiger partial charge in [0.05, 0.1) is 27.1 Å². The largest absolute Gasteiger partial charge is 0.478 e. The molecule has 7 heteroatoms. The van der Waals surface area contributed by atoms with E-state index < -0.39 is 22.6 Å². The third-order valence-electron chi connectivity index (χ3n) is 2.75. The van der Waals surface area contributed by atoms with Gasteiger partial charge in [-0.05, 0) is 45.8 Å².